The zero-order valence-corrected chi connectivity index (χ0v) is 13.8. The van der Waals surface area contributed by atoms with Crippen LogP contribution in [0.4, 0.5) is 5.82 Å². The fourth-order valence-corrected chi connectivity index (χ4v) is 2.29. The van der Waals surface area contributed by atoms with E-state index < -0.39 is 0 Å². The number of rotatable bonds is 5. The first kappa shape index (κ1) is 15.0. The minimum absolute atomic E-state index is 0.441. The molecule has 0 spiro atoms. The summed E-state index contributed by atoms with van der Waals surface area (Å²) < 4.78 is 6.17. The standard InChI is InChI=1S/C13H16IN5O/c1-4-15-13-11(14)10(7-20-3)18-12(19-13)9-5-6-16-8(2)17-9/h5-6H,4,7H2,1-3H3,(H,15,18,19). The van der Waals surface area contributed by atoms with Crippen molar-refractivity contribution >= 4 is 28.4 Å². The second-order valence-electron chi connectivity index (χ2n) is 4.11. The van der Waals surface area contributed by atoms with E-state index in [9.17, 15) is 0 Å². The van der Waals surface area contributed by atoms with Crippen LogP contribution in [0.3, 0.4) is 0 Å². The molecule has 2 aromatic heterocycles. The summed E-state index contributed by atoms with van der Waals surface area (Å²) in [5.41, 5.74) is 1.57. The Morgan fingerprint density at radius 3 is 2.75 bits per heavy atom. The van der Waals surface area contributed by atoms with E-state index in [2.05, 4.69) is 47.8 Å². The van der Waals surface area contributed by atoms with E-state index in [-0.39, 0.29) is 0 Å². The first-order valence-corrected chi connectivity index (χ1v) is 7.32. The normalized spacial score (nSPS) is 10.6. The molecule has 20 heavy (non-hydrogen) atoms. The van der Waals surface area contributed by atoms with Gasteiger partial charge in [-0.25, -0.2) is 19.9 Å². The number of methoxy groups -OCH3 is 1. The van der Waals surface area contributed by atoms with Gasteiger partial charge in [0.2, 0.25) is 0 Å². The van der Waals surface area contributed by atoms with E-state index in [0.717, 1.165) is 21.6 Å². The Bertz CT molecular complexity index is 578. The van der Waals surface area contributed by atoms with Crippen LogP contribution in [0.1, 0.15) is 18.4 Å². The average molecular weight is 385 g/mol. The smallest absolute Gasteiger partial charge is 0.180 e. The molecule has 7 heteroatoms. The summed E-state index contributed by atoms with van der Waals surface area (Å²) in [6, 6.07) is 1.81. The topological polar surface area (TPSA) is 72.8 Å². The summed E-state index contributed by atoms with van der Waals surface area (Å²) in [6.07, 6.45) is 1.71. The van der Waals surface area contributed by atoms with Gasteiger partial charge < -0.3 is 10.1 Å². The number of halogens is 1. The van der Waals surface area contributed by atoms with Gasteiger partial charge in [-0.3, -0.25) is 0 Å². The van der Waals surface area contributed by atoms with Crippen molar-refractivity contribution < 1.29 is 4.74 Å². The molecule has 0 bridgehead atoms. The highest BCUT2D eigenvalue weighted by molar-refractivity contribution is 14.1. The van der Waals surface area contributed by atoms with Crippen molar-refractivity contribution in [3.63, 3.8) is 0 Å². The first-order valence-electron chi connectivity index (χ1n) is 6.25. The van der Waals surface area contributed by atoms with Crippen LogP contribution in [0, 0.1) is 10.5 Å². The molecule has 106 valence electrons. The molecular weight excluding hydrogens is 369 g/mol. The van der Waals surface area contributed by atoms with Gasteiger partial charge in [0, 0.05) is 19.9 Å². The highest BCUT2D eigenvalue weighted by atomic mass is 127. The van der Waals surface area contributed by atoms with Crippen LogP contribution >= 0.6 is 22.6 Å². The van der Waals surface area contributed by atoms with Gasteiger partial charge in [-0.15, -0.1) is 0 Å². The van der Waals surface area contributed by atoms with Gasteiger partial charge in [-0.05, 0) is 42.5 Å². The monoisotopic (exact) mass is 385 g/mol. The average Bonchev–Trinajstić information content (AvgIpc) is 2.43. The number of nitrogens with one attached hydrogen (secondary N) is 1. The van der Waals surface area contributed by atoms with Crippen LogP contribution < -0.4 is 5.32 Å². The van der Waals surface area contributed by atoms with Gasteiger partial charge in [-0.2, -0.15) is 0 Å². The van der Waals surface area contributed by atoms with Crippen LogP contribution in [0.15, 0.2) is 12.3 Å². The molecular formula is C13H16IN5O. The Labute approximate surface area is 131 Å². The third kappa shape index (κ3) is 3.40. The Morgan fingerprint density at radius 1 is 1.30 bits per heavy atom. The predicted octanol–water partition coefficient (Wildman–Crippen LogP) is 2.42. The molecule has 1 N–H and O–H groups in total. The Kier molecular flexibility index (Phi) is 5.18. The molecule has 0 aliphatic carbocycles. The summed E-state index contributed by atoms with van der Waals surface area (Å²) >= 11 is 2.23. The van der Waals surface area contributed by atoms with Crippen molar-refractivity contribution in [3.05, 3.63) is 27.4 Å². The number of ether oxygens (including phenoxy) is 1. The molecule has 0 aliphatic heterocycles. The third-order valence-electron chi connectivity index (χ3n) is 2.55. The number of hydrogen-bond donors (Lipinski definition) is 1. The molecule has 0 saturated heterocycles. The van der Waals surface area contributed by atoms with Crippen molar-refractivity contribution in [2.75, 3.05) is 19.0 Å². The quantitative estimate of drug-likeness (QED) is 0.798. The van der Waals surface area contributed by atoms with E-state index in [0.29, 0.717) is 23.9 Å². The molecule has 0 fully saturated rings. The van der Waals surface area contributed by atoms with Crippen LogP contribution in [0.5, 0.6) is 0 Å². The predicted molar refractivity (Wildman–Crippen MR) is 85.4 cm³/mol. The molecule has 0 saturated carbocycles. The van der Waals surface area contributed by atoms with Gasteiger partial charge in [0.15, 0.2) is 5.82 Å². The Hall–Kier alpha value is -1.35. The number of anilines is 1. The molecule has 2 heterocycles. The first-order chi connectivity index (χ1) is 9.65. The molecule has 0 aliphatic rings. The molecule has 0 radical (unpaired) electrons. The number of aromatic nitrogens is 4. The van der Waals surface area contributed by atoms with Crippen LogP contribution in [0.25, 0.3) is 11.5 Å². The van der Waals surface area contributed by atoms with Crippen LogP contribution in [-0.4, -0.2) is 33.6 Å². The second-order valence-corrected chi connectivity index (χ2v) is 5.19. The minimum Gasteiger partial charge on any atom is -0.378 e. The molecule has 2 rings (SSSR count). The van der Waals surface area contributed by atoms with E-state index in [1.54, 1.807) is 13.3 Å². The van der Waals surface area contributed by atoms with Crippen molar-refractivity contribution in [3.8, 4) is 11.5 Å². The van der Waals surface area contributed by atoms with Crippen LogP contribution in [-0.2, 0) is 11.3 Å². The molecule has 6 nitrogen and oxygen atoms in total. The van der Waals surface area contributed by atoms with E-state index >= 15 is 0 Å². The van der Waals surface area contributed by atoms with Crippen LogP contribution in [0.2, 0.25) is 0 Å². The number of nitrogens with zero attached hydrogens (tertiary/aromatic N) is 4. The zero-order chi connectivity index (χ0) is 14.5. The maximum atomic E-state index is 5.20. The summed E-state index contributed by atoms with van der Waals surface area (Å²) in [6.45, 7) is 5.11. The lowest BCUT2D eigenvalue weighted by Gasteiger charge is -2.11. The zero-order valence-electron chi connectivity index (χ0n) is 11.6. The molecule has 0 aromatic carbocycles. The lowest BCUT2D eigenvalue weighted by Crippen LogP contribution is -2.09. The van der Waals surface area contributed by atoms with E-state index in [4.69, 9.17) is 4.74 Å². The molecule has 0 amide bonds. The van der Waals surface area contributed by atoms with E-state index in [1.807, 2.05) is 19.9 Å². The summed E-state index contributed by atoms with van der Waals surface area (Å²) in [4.78, 5) is 17.5. The lowest BCUT2D eigenvalue weighted by atomic mass is 10.3. The van der Waals surface area contributed by atoms with Gasteiger partial charge in [0.25, 0.3) is 0 Å². The second kappa shape index (κ2) is 6.89. The number of hydrogen-bond acceptors (Lipinski definition) is 6. The molecule has 2 aromatic rings. The highest BCUT2D eigenvalue weighted by Crippen LogP contribution is 2.23. The largest absolute Gasteiger partial charge is 0.378 e. The van der Waals surface area contributed by atoms with Gasteiger partial charge in [-0.1, -0.05) is 0 Å². The van der Waals surface area contributed by atoms with Crippen molar-refractivity contribution in [1.29, 1.82) is 0 Å². The maximum Gasteiger partial charge on any atom is 0.180 e. The molecule has 0 unspecified atom stereocenters. The van der Waals surface area contributed by atoms with Crippen molar-refractivity contribution in [2.45, 2.75) is 20.5 Å². The van der Waals surface area contributed by atoms with Crippen molar-refractivity contribution in [1.82, 2.24) is 19.9 Å². The van der Waals surface area contributed by atoms with Gasteiger partial charge in [0.1, 0.15) is 17.3 Å². The van der Waals surface area contributed by atoms with E-state index in [1.165, 1.54) is 0 Å². The summed E-state index contributed by atoms with van der Waals surface area (Å²) in [5, 5.41) is 3.24. The fourth-order valence-electron chi connectivity index (χ4n) is 1.71. The fraction of sp³-hybridized carbons (Fsp3) is 0.385. The van der Waals surface area contributed by atoms with Crippen molar-refractivity contribution in [2.24, 2.45) is 0 Å². The molecule has 0 atom stereocenters. The van der Waals surface area contributed by atoms with Gasteiger partial charge in [0.05, 0.1) is 15.9 Å². The third-order valence-corrected chi connectivity index (χ3v) is 3.68. The maximum absolute atomic E-state index is 5.20. The minimum atomic E-state index is 0.441. The SMILES string of the molecule is CCNc1nc(-c2ccnc(C)n2)nc(COC)c1I. The summed E-state index contributed by atoms with van der Waals surface area (Å²) in [7, 11) is 1.65. The Morgan fingerprint density at radius 2 is 2.10 bits per heavy atom. The Balaban J connectivity index is 2.52. The highest BCUT2D eigenvalue weighted by Gasteiger charge is 2.14. The van der Waals surface area contributed by atoms with Gasteiger partial charge >= 0.3 is 0 Å². The summed E-state index contributed by atoms with van der Waals surface area (Å²) in [5.74, 6) is 2.09. The lowest BCUT2D eigenvalue weighted by molar-refractivity contribution is 0.181. The number of aryl methyl sites for hydroxylation is 1.